The lowest BCUT2D eigenvalue weighted by Crippen LogP contribution is -2.41. The Kier molecular flexibility index (Phi) is 5.80. The second-order valence-corrected chi connectivity index (χ2v) is 6.36. The van der Waals surface area contributed by atoms with Crippen molar-refractivity contribution in [3.05, 3.63) is 66.2 Å². The summed E-state index contributed by atoms with van der Waals surface area (Å²) in [7, 11) is 2.07. The van der Waals surface area contributed by atoms with Crippen molar-refractivity contribution in [2.75, 3.05) is 25.0 Å². The van der Waals surface area contributed by atoms with E-state index in [0.29, 0.717) is 6.54 Å². The summed E-state index contributed by atoms with van der Waals surface area (Å²) in [5.74, 6) is 0.0751. The first-order valence-corrected chi connectivity index (χ1v) is 8.12. The highest BCUT2D eigenvalue weighted by Gasteiger charge is 2.28. The Morgan fingerprint density at radius 3 is 2.17 bits per heavy atom. The molecule has 2 aromatic rings. The SMILES string of the molecule is CN(CCCNC(=O)C(C)(C)c1ccccc1)c1ccccc1. The molecule has 2 aromatic carbocycles. The zero-order chi connectivity index (χ0) is 16.7. The van der Waals surface area contributed by atoms with Gasteiger partial charge in [0.25, 0.3) is 0 Å². The highest BCUT2D eigenvalue weighted by molar-refractivity contribution is 5.87. The molecule has 0 bridgehead atoms. The molecule has 0 aliphatic heterocycles. The largest absolute Gasteiger partial charge is 0.375 e. The van der Waals surface area contributed by atoms with E-state index >= 15 is 0 Å². The number of hydrogen-bond donors (Lipinski definition) is 1. The molecule has 0 spiro atoms. The van der Waals surface area contributed by atoms with Crippen LogP contribution in [0.15, 0.2) is 60.7 Å². The number of anilines is 1. The molecular weight excluding hydrogens is 284 g/mol. The predicted molar refractivity (Wildman–Crippen MR) is 96.8 cm³/mol. The van der Waals surface area contributed by atoms with Crippen LogP contribution in [0.25, 0.3) is 0 Å². The fourth-order valence-corrected chi connectivity index (χ4v) is 2.54. The summed E-state index contributed by atoms with van der Waals surface area (Å²) in [5.41, 5.74) is 1.73. The molecule has 0 fully saturated rings. The van der Waals surface area contributed by atoms with E-state index < -0.39 is 5.41 Å². The number of para-hydroxylation sites is 1. The minimum Gasteiger partial charge on any atom is -0.375 e. The van der Waals surface area contributed by atoms with E-state index in [1.165, 1.54) is 5.69 Å². The van der Waals surface area contributed by atoms with Crippen LogP contribution in [0.2, 0.25) is 0 Å². The monoisotopic (exact) mass is 310 g/mol. The molecule has 0 aromatic heterocycles. The van der Waals surface area contributed by atoms with E-state index in [4.69, 9.17) is 0 Å². The fourth-order valence-electron chi connectivity index (χ4n) is 2.54. The van der Waals surface area contributed by atoms with Crippen molar-refractivity contribution < 1.29 is 4.79 Å². The third-order valence-electron chi connectivity index (χ3n) is 4.22. The van der Waals surface area contributed by atoms with Crippen LogP contribution in [0, 0.1) is 0 Å². The molecular formula is C20H26N2O. The molecule has 3 nitrogen and oxygen atoms in total. The van der Waals surface area contributed by atoms with Gasteiger partial charge in [0.05, 0.1) is 5.41 Å². The Hall–Kier alpha value is -2.29. The smallest absolute Gasteiger partial charge is 0.230 e. The van der Waals surface area contributed by atoms with Gasteiger partial charge in [0, 0.05) is 25.8 Å². The van der Waals surface area contributed by atoms with Gasteiger partial charge in [-0.05, 0) is 38.0 Å². The lowest BCUT2D eigenvalue weighted by molar-refractivity contribution is -0.125. The maximum Gasteiger partial charge on any atom is 0.230 e. The first kappa shape index (κ1) is 17.1. The van der Waals surface area contributed by atoms with Crippen molar-refractivity contribution in [2.24, 2.45) is 0 Å². The average Bonchev–Trinajstić information content (AvgIpc) is 2.59. The molecule has 0 atom stereocenters. The van der Waals surface area contributed by atoms with Crippen LogP contribution >= 0.6 is 0 Å². The Balaban J connectivity index is 1.79. The number of rotatable bonds is 7. The standard InChI is InChI=1S/C20H26N2O/c1-20(2,17-11-6-4-7-12-17)19(23)21-15-10-16-22(3)18-13-8-5-9-14-18/h4-9,11-14H,10,15-16H2,1-3H3,(H,21,23). The van der Waals surface area contributed by atoms with Gasteiger partial charge in [0.1, 0.15) is 0 Å². The summed E-state index contributed by atoms with van der Waals surface area (Å²) < 4.78 is 0. The van der Waals surface area contributed by atoms with Crippen LogP contribution in [0.4, 0.5) is 5.69 Å². The van der Waals surface area contributed by atoms with E-state index in [2.05, 4.69) is 29.4 Å². The van der Waals surface area contributed by atoms with Gasteiger partial charge in [0.2, 0.25) is 5.91 Å². The molecule has 0 saturated heterocycles. The molecule has 3 heteroatoms. The Labute approximate surface area is 139 Å². The number of carbonyl (C=O) groups excluding carboxylic acids is 1. The van der Waals surface area contributed by atoms with E-state index in [-0.39, 0.29) is 5.91 Å². The molecule has 0 aliphatic carbocycles. The van der Waals surface area contributed by atoms with Crippen LogP contribution in [-0.2, 0) is 10.2 Å². The Bertz CT molecular complexity index is 608. The molecule has 122 valence electrons. The summed E-state index contributed by atoms with van der Waals surface area (Å²) in [6.45, 7) is 5.53. The summed E-state index contributed by atoms with van der Waals surface area (Å²) >= 11 is 0. The van der Waals surface area contributed by atoms with Crippen LogP contribution in [0.5, 0.6) is 0 Å². The minimum absolute atomic E-state index is 0.0751. The normalized spacial score (nSPS) is 11.1. The molecule has 0 heterocycles. The van der Waals surface area contributed by atoms with Gasteiger partial charge in [-0.3, -0.25) is 4.79 Å². The van der Waals surface area contributed by atoms with E-state index in [0.717, 1.165) is 18.5 Å². The lowest BCUT2D eigenvalue weighted by atomic mass is 9.84. The van der Waals surface area contributed by atoms with Crippen molar-refractivity contribution in [2.45, 2.75) is 25.7 Å². The molecule has 0 aliphatic rings. The first-order valence-electron chi connectivity index (χ1n) is 8.12. The Morgan fingerprint density at radius 1 is 1.00 bits per heavy atom. The van der Waals surface area contributed by atoms with Crippen LogP contribution in [0.3, 0.4) is 0 Å². The number of amides is 1. The summed E-state index contributed by atoms with van der Waals surface area (Å²) in [5, 5.41) is 3.06. The van der Waals surface area contributed by atoms with Gasteiger partial charge in [-0.25, -0.2) is 0 Å². The summed E-state index contributed by atoms with van der Waals surface area (Å²) in [6.07, 6.45) is 0.919. The van der Waals surface area contributed by atoms with E-state index in [1.807, 2.05) is 62.4 Å². The quantitative estimate of drug-likeness (QED) is 0.792. The maximum absolute atomic E-state index is 12.5. The molecule has 0 unspecified atom stereocenters. The second-order valence-electron chi connectivity index (χ2n) is 6.36. The van der Waals surface area contributed by atoms with E-state index in [9.17, 15) is 4.79 Å². The molecule has 2 rings (SSSR count). The number of carbonyl (C=O) groups is 1. The second kappa shape index (κ2) is 7.82. The minimum atomic E-state index is -0.507. The maximum atomic E-state index is 12.5. The van der Waals surface area contributed by atoms with Crippen LogP contribution in [-0.4, -0.2) is 26.0 Å². The fraction of sp³-hybridized carbons (Fsp3) is 0.350. The number of benzene rings is 2. The molecule has 0 saturated carbocycles. The van der Waals surface area contributed by atoms with Crippen molar-refractivity contribution >= 4 is 11.6 Å². The summed E-state index contributed by atoms with van der Waals surface area (Å²) in [4.78, 5) is 14.7. The molecule has 1 amide bonds. The van der Waals surface area contributed by atoms with Crippen molar-refractivity contribution in [1.82, 2.24) is 5.32 Å². The summed E-state index contributed by atoms with van der Waals surface area (Å²) in [6, 6.07) is 20.2. The molecule has 1 N–H and O–H groups in total. The first-order chi connectivity index (χ1) is 11.0. The van der Waals surface area contributed by atoms with Crippen molar-refractivity contribution in [3.63, 3.8) is 0 Å². The number of nitrogens with one attached hydrogen (secondary N) is 1. The highest BCUT2D eigenvalue weighted by atomic mass is 16.2. The van der Waals surface area contributed by atoms with Crippen LogP contribution in [0.1, 0.15) is 25.8 Å². The number of nitrogens with zero attached hydrogens (tertiary/aromatic N) is 1. The topological polar surface area (TPSA) is 32.3 Å². The van der Waals surface area contributed by atoms with Crippen molar-refractivity contribution in [3.8, 4) is 0 Å². The van der Waals surface area contributed by atoms with Crippen LogP contribution < -0.4 is 10.2 Å². The third kappa shape index (κ3) is 4.59. The Morgan fingerprint density at radius 2 is 1.57 bits per heavy atom. The van der Waals surface area contributed by atoms with Gasteiger partial charge in [0.15, 0.2) is 0 Å². The zero-order valence-electron chi connectivity index (χ0n) is 14.3. The van der Waals surface area contributed by atoms with Gasteiger partial charge >= 0.3 is 0 Å². The van der Waals surface area contributed by atoms with Gasteiger partial charge in [-0.1, -0.05) is 48.5 Å². The predicted octanol–water partition coefficient (Wildman–Crippen LogP) is 3.61. The molecule has 0 radical (unpaired) electrons. The number of hydrogen-bond acceptors (Lipinski definition) is 2. The van der Waals surface area contributed by atoms with Gasteiger partial charge in [-0.2, -0.15) is 0 Å². The van der Waals surface area contributed by atoms with E-state index in [1.54, 1.807) is 0 Å². The molecule has 23 heavy (non-hydrogen) atoms. The highest BCUT2D eigenvalue weighted by Crippen LogP contribution is 2.22. The van der Waals surface area contributed by atoms with Gasteiger partial charge in [-0.15, -0.1) is 0 Å². The average molecular weight is 310 g/mol. The van der Waals surface area contributed by atoms with Gasteiger partial charge < -0.3 is 10.2 Å². The lowest BCUT2D eigenvalue weighted by Gasteiger charge is -2.25. The van der Waals surface area contributed by atoms with Crippen molar-refractivity contribution in [1.29, 1.82) is 0 Å². The zero-order valence-corrected chi connectivity index (χ0v) is 14.3. The third-order valence-corrected chi connectivity index (χ3v) is 4.22.